The second-order valence-electron chi connectivity index (χ2n) is 4.30. The number of hydrogen-bond acceptors (Lipinski definition) is 4. The highest BCUT2D eigenvalue weighted by molar-refractivity contribution is 5.74. The number of carboxylic acid groups (broad SMARTS) is 1. The fraction of sp³-hybridized carbons (Fsp3) is 0.188. The molecule has 2 aromatic rings. The normalized spacial score (nSPS) is 11.5. The molecule has 0 spiro atoms. The highest BCUT2D eigenvalue weighted by atomic mass is 16.5. The van der Waals surface area contributed by atoms with Gasteiger partial charge in [-0.05, 0) is 0 Å². The molecule has 0 aliphatic rings. The molecular weight excluding hydrogens is 272 g/mol. The molecule has 0 radical (unpaired) electrons. The Morgan fingerprint density at radius 2 is 1.48 bits per heavy atom. The molecule has 0 amide bonds. The minimum atomic E-state index is -1.09. The summed E-state index contributed by atoms with van der Waals surface area (Å²) in [5, 5.41) is 9.35. The lowest BCUT2D eigenvalue weighted by molar-refractivity contribution is -0.145. The van der Waals surface area contributed by atoms with E-state index in [0.717, 1.165) is 0 Å². The highest BCUT2D eigenvalue weighted by Crippen LogP contribution is 2.30. The molecule has 0 heterocycles. The Balaban J connectivity index is 2.31. The van der Waals surface area contributed by atoms with Crippen molar-refractivity contribution in [3.8, 4) is 17.2 Å². The SMILES string of the molecule is COc1cc(OC)cc(OC(C(=O)O)c2ccccc2)c1. The lowest BCUT2D eigenvalue weighted by atomic mass is 10.1. The summed E-state index contributed by atoms with van der Waals surface area (Å²) < 4.78 is 15.9. The first-order valence-electron chi connectivity index (χ1n) is 6.31. The molecule has 110 valence electrons. The maximum absolute atomic E-state index is 11.4. The van der Waals surface area contributed by atoms with E-state index in [1.54, 1.807) is 42.5 Å². The summed E-state index contributed by atoms with van der Waals surface area (Å²) in [5.74, 6) is 0.355. The van der Waals surface area contributed by atoms with Gasteiger partial charge in [-0.1, -0.05) is 30.3 Å². The number of aliphatic carboxylic acids is 1. The van der Waals surface area contributed by atoms with Crippen LogP contribution >= 0.6 is 0 Å². The van der Waals surface area contributed by atoms with Crippen LogP contribution in [0.2, 0.25) is 0 Å². The number of benzene rings is 2. The maximum atomic E-state index is 11.4. The van der Waals surface area contributed by atoms with Crippen LogP contribution in [0.5, 0.6) is 17.2 Å². The first-order valence-corrected chi connectivity index (χ1v) is 6.31. The largest absolute Gasteiger partial charge is 0.496 e. The first-order chi connectivity index (χ1) is 10.1. The van der Waals surface area contributed by atoms with Crippen molar-refractivity contribution in [3.05, 3.63) is 54.1 Å². The Hall–Kier alpha value is -2.69. The second kappa shape index (κ2) is 6.65. The third-order valence-corrected chi connectivity index (χ3v) is 2.91. The summed E-state index contributed by atoms with van der Waals surface area (Å²) in [6.45, 7) is 0. The smallest absolute Gasteiger partial charge is 0.349 e. The molecule has 0 aliphatic carbocycles. The molecule has 0 bridgehead atoms. The fourth-order valence-electron chi connectivity index (χ4n) is 1.87. The van der Waals surface area contributed by atoms with Crippen molar-refractivity contribution in [3.63, 3.8) is 0 Å². The fourth-order valence-corrected chi connectivity index (χ4v) is 1.87. The Labute approximate surface area is 122 Å². The maximum Gasteiger partial charge on any atom is 0.349 e. The van der Waals surface area contributed by atoms with Crippen molar-refractivity contribution in [2.75, 3.05) is 14.2 Å². The summed E-state index contributed by atoms with van der Waals surface area (Å²) in [6.07, 6.45) is -1.09. The van der Waals surface area contributed by atoms with Gasteiger partial charge in [0.1, 0.15) is 17.2 Å². The van der Waals surface area contributed by atoms with E-state index in [4.69, 9.17) is 14.2 Å². The molecule has 1 atom stereocenters. The van der Waals surface area contributed by atoms with Gasteiger partial charge in [0.15, 0.2) is 0 Å². The zero-order valence-corrected chi connectivity index (χ0v) is 11.8. The first kappa shape index (κ1) is 14.7. The molecule has 5 heteroatoms. The van der Waals surface area contributed by atoms with Crippen LogP contribution in [0.4, 0.5) is 0 Å². The number of methoxy groups -OCH3 is 2. The standard InChI is InChI=1S/C16H16O5/c1-19-12-8-13(20-2)10-14(9-12)21-15(16(17)18)11-6-4-3-5-7-11/h3-10,15H,1-2H3,(H,17,18). The topological polar surface area (TPSA) is 65.0 Å². The number of hydrogen-bond donors (Lipinski definition) is 1. The second-order valence-corrected chi connectivity index (χ2v) is 4.30. The molecule has 1 N–H and O–H groups in total. The quantitative estimate of drug-likeness (QED) is 0.885. The van der Waals surface area contributed by atoms with Crippen LogP contribution in [0.1, 0.15) is 11.7 Å². The predicted octanol–water partition coefficient (Wildman–Crippen LogP) is 2.91. The molecule has 5 nitrogen and oxygen atoms in total. The molecule has 0 aromatic heterocycles. The summed E-state index contributed by atoms with van der Waals surface area (Å²) >= 11 is 0. The van der Waals surface area contributed by atoms with Gasteiger partial charge >= 0.3 is 5.97 Å². The molecule has 21 heavy (non-hydrogen) atoms. The zero-order chi connectivity index (χ0) is 15.2. The van der Waals surface area contributed by atoms with E-state index in [-0.39, 0.29) is 0 Å². The summed E-state index contributed by atoms with van der Waals surface area (Å²) in [5.41, 5.74) is 0.562. The van der Waals surface area contributed by atoms with E-state index < -0.39 is 12.1 Å². The van der Waals surface area contributed by atoms with Gasteiger partial charge in [-0.25, -0.2) is 4.79 Å². The molecular formula is C16H16O5. The van der Waals surface area contributed by atoms with Crippen molar-refractivity contribution >= 4 is 5.97 Å². The van der Waals surface area contributed by atoms with E-state index in [1.165, 1.54) is 14.2 Å². The van der Waals surface area contributed by atoms with Crippen molar-refractivity contribution < 1.29 is 24.1 Å². The minimum absolute atomic E-state index is 0.363. The van der Waals surface area contributed by atoms with Crippen LogP contribution in [-0.4, -0.2) is 25.3 Å². The number of carbonyl (C=O) groups is 1. The molecule has 1 unspecified atom stereocenters. The third-order valence-electron chi connectivity index (χ3n) is 2.91. The van der Waals surface area contributed by atoms with Crippen LogP contribution in [-0.2, 0) is 4.79 Å². The molecule has 0 saturated heterocycles. The Kier molecular flexibility index (Phi) is 4.66. The van der Waals surface area contributed by atoms with Crippen molar-refractivity contribution in [2.24, 2.45) is 0 Å². The molecule has 0 fully saturated rings. The number of carboxylic acids is 1. The van der Waals surface area contributed by atoms with E-state index in [2.05, 4.69) is 0 Å². The van der Waals surface area contributed by atoms with Gasteiger partial charge in [0.2, 0.25) is 6.10 Å². The summed E-state index contributed by atoms with van der Waals surface area (Å²) in [6, 6.07) is 13.7. The average molecular weight is 288 g/mol. The van der Waals surface area contributed by atoms with Crippen molar-refractivity contribution in [1.29, 1.82) is 0 Å². The van der Waals surface area contributed by atoms with E-state index in [0.29, 0.717) is 22.8 Å². The van der Waals surface area contributed by atoms with E-state index >= 15 is 0 Å². The van der Waals surface area contributed by atoms with E-state index in [1.807, 2.05) is 6.07 Å². The van der Waals surface area contributed by atoms with Gasteiger partial charge in [-0.15, -0.1) is 0 Å². The van der Waals surface area contributed by atoms with E-state index in [9.17, 15) is 9.90 Å². The van der Waals surface area contributed by atoms with Gasteiger partial charge in [-0.2, -0.15) is 0 Å². The zero-order valence-electron chi connectivity index (χ0n) is 11.8. The van der Waals surface area contributed by atoms with Crippen LogP contribution < -0.4 is 14.2 Å². The Morgan fingerprint density at radius 3 is 1.95 bits per heavy atom. The van der Waals surface area contributed by atoms with Crippen LogP contribution in [0.3, 0.4) is 0 Å². The predicted molar refractivity (Wildman–Crippen MR) is 77.0 cm³/mol. The van der Waals surface area contributed by atoms with Crippen LogP contribution in [0.15, 0.2) is 48.5 Å². The number of ether oxygens (including phenoxy) is 3. The van der Waals surface area contributed by atoms with Gasteiger partial charge in [-0.3, -0.25) is 0 Å². The summed E-state index contributed by atoms with van der Waals surface area (Å²) in [7, 11) is 3.04. The lowest BCUT2D eigenvalue weighted by Crippen LogP contribution is -2.18. The molecule has 0 saturated carbocycles. The summed E-state index contributed by atoms with van der Waals surface area (Å²) in [4.78, 5) is 11.4. The van der Waals surface area contributed by atoms with Crippen molar-refractivity contribution in [2.45, 2.75) is 6.10 Å². The Bertz CT molecular complexity index is 587. The average Bonchev–Trinajstić information content (AvgIpc) is 2.52. The molecule has 0 aliphatic heterocycles. The number of rotatable bonds is 6. The van der Waals surface area contributed by atoms with Crippen LogP contribution in [0.25, 0.3) is 0 Å². The Morgan fingerprint density at radius 1 is 0.952 bits per heavy atom. The molecule has 2 aromatic carbocycles. The lowest BCUT2D eigenvalue weighted by Gasteiger charge is -2.16. The van der Waals surface area contributed by atoms with Gasteiger partial charge < -0.3 is 19.3 Å². The highest BCUT2D eigenvalue weighted by Gasteiger charge is 2.22. The van der Waals surface area contributed by atoms with Gasteiger partial charge in [0.25, 0.3) is 0 Å². The molecule has 2 rings (SSSR count). The van der Waals surface area contributed by atoms with Crippen LogP contribution in [0, 0.1) is 0 Å². The minimum Gasteiger partial charge on any atom is -0.496 e. The monoisotopic (exact) mass is 288 g/mol. The van der Waals surface area contributed by atoms with Gasteiger partial charge in [0, 0.05) is 23.8 Å². The van der Waals surface area contributed by atoms with Crippen molar-refractivity contribution in [1.82, 2.24) is 0 Å². The van der Waals surface area contributed by atoms with Gasteiger partial charge in [0.05, 0.1) is 14.2 Å². The third kappa shape index (κ3) is 3.66.